The lowest BCUT2D eigenvalue weighted by molar-refractivity contribution is 0.417. The molecule has 3 atom stereocenters. The number of nitrogens with one attached hydrogen (secondary N) is 1. The normalized spacial score (nSPS) is 29.2. The third-order valence-electron chi connectivity index (χ3n) is 5.61. The lowest BCUT2D eigenvalue weighted by Crippen LogP contribution is -2.25. The third kappa shape index (κ3) is 3.04. The fraction of sp³-hybridized carbons (Fsp3) is 0.700. The van der Waals surface area contributed by atoms with E-state index in [4.69, 9.17) is 0 Å². The summed E-state index contributed by atoms with van der Waals surface area (Å²) in [5.74, 6) is 2.94. The highest BCUT2D eigenvalue weighted by molar-refractivity contribution is 5.31. The van der Waals surface area contributed by atoms with Gasteiger partial charge in [-0.3, -0.25) is 0 Å². The summed E-state index contributed by atoms with van der Waals surface area (Å²) in [7, 11) is 0. The maximum atomic E-state index is 3.83. The van der Waals surface area contributed by atoms with Gasteiger partial charge in [-0.1, -0.05) is 58.4 Å². The van der Waals surface area contributed by atoms with E-state index in [0.29, 0.717) is 6.04 Å². The van der Waals surface area contributed by atoms with Crippen LogP contribution in [0.3, 0.4) is 0 Å². The highest BCUT2D eigenvalue weighted by Crippen LogP contribution is 2.62. The largest absolute Gasteiger partial charge is 0.310 e. The van der Waals surface area contributed by atoms with Crippen molar-refractivity contribution in [3.63, 3.8) is 0 Å². The predicted molar refractivity (Wildman–Crippen MR) is 90.5 cm³/mol. The maximum Gasteiger partial charge on any atom is 0.0354 e. The van der Waals surface area contributed by atoms with Crippen LogP contribution in [0.2, 0.25) is 0 Å². The number of hydrogen-bond donors (Lipinski definition) is 1. The molecule has 21 heavy (non-hydrogen) atoms. The van der Waals surface area contributed by atoms with Crippen LogP contribution in [0.25, 0.3) is 0 Å². The lowest BCUT2D eigenvalue weighted by atomic mass is 9.85. The average Bonchev–Trinajstić information content (AvgIpc) is 2.92. The van der Waals surface area contributed by atoms with E-state index in [2.05, 4.69) is 57.3 Å². The average molecular weight is 285 g/mol. The van der Waals surface area contributed by atoms with Crippen LogP contribution in [0.5, 0.6) is 0 Å². The highest BCUT2D eigenvalue weighted by atomic mass is 14.9. The number of rotatable bonds is 5. The van der Waals surface area contributed by atoms with Crippen molar-refractivity contribution >= 4 is 0 Å². The van der Waals surface area contributed by atoms with Gasteiger partial charge >= 0.3 is 0 Å². The van der Waals surface area contributed by atoms with Crippen molar-refractivity contribution in [1.29, 1.82) is 0 Å². The van der Waals surface area contributed by atoms with Gasteiger partial charge in [0, 0.05) is 6.04 Å². The van der Waals surface area contributed by atoms with Crippen molar-refractivity contribution in [2.24, 2.45) is 17.8 Å². The van der Waals surface area contributed by atoms with Crippen molar-refractivity contribution in [3.05, 3.63) is 35.4 Å². The number of hydrogen-bond acceptors (Lipinski definition) is 1. The predicted octanol–water partition coefficient (Wildman–Crippen LogP) is 5.07. The van der Waals surface area contributed by atoms with Crippen molar-refractivity contribution in [2.75, 3.05) is 6.54 Å². The first-order chi connectivity index (χ1) is 10.0. The van der Waals surface area contributed by atoms with E-state index in [9.17, 15) is 0 Å². The summed E-state index contributed by atoms with van der Waals surface area (Å²) in [6.07, 6.45) is 5.63. The van der Waals surface area contributed by atoms with Crippen LogP contribution >= 0.6 is 0 Å². The Bertz CT molecular complexity index is 458. The zero-order valence-corrected chi connectivity index (χ0v) is 14.2. The molecule has 1 aromatic carbocycles. The molecular formula is C20H31N. The zero-order chi connectivity index (χ0) is 15.0. The lowest BCUT2D eigenvalue weighted by Gasteiger charge is -2.23. The molecule has 2 aliphatic rings. The monoisotopic (exact) mass is 285 g/mol. The number of benzene rings is 1. The van der Waals surface area contributed by atoms with Crippen LogP contribution in [-0.2, 0) is 5.41 Å². The van der Waals surface area contributed by atoms with Gasteiger partial charge in [0.1, 0.15) is 0 Å². The van der Waals surface area contributed by atoms with Crippen LogP contribution in [0.15, 0.2) is 24.3 Å². The zero-order valence-electron chi connectivity index (χ0n) is 14.2. The van der Waals surface area contributed by atoms with Gasteiger partial charge < -0.3 is 5.32 Å². The van der Waals surface area contributed by atoms with Crippen molar-refractivity contribution < 1.29 is 0 Å². The summed E-state index contributed by atoms with van der Waals surface area (Å²) < 4.78 is 0. The van der Waals surface area contributed by atoms with E-state index in [1.165, 1.54) is 36.8 Å². The molecule has 1 heteroatoms. The standard InChI is InChI=1S/C20H31N/c1-5-13-21-19(18-16-7-6-8-17(16)18)14-9-11-15(12-10-14)20(2,3)4/h9-12,16-19,21H,5-8,13H2,1-4H3. The molecule has 0 aromatic heterocycles. The smallest absolute Gasteiger partial charge is 0.0354 e. The fourth-order valence-electron chi connectivity index (χ4n) is 4.34. The first-order valence-electron chi connectivity index (χ1n) is 8.86. The van der Waals surface area contributed by atoms with Gasteiger partial charge in [-0.2, -0.15) is 0 Å². The second-order valence-electron chi connectivity index (χ2n) is 8.14. The van der Waals surface area contributed by atoms with E-state index in [0.717, 1.165) is 24.3 Å². The molecule has 2 aliphatic carbocycles. The topological polar surface area (TPSA) is 12.0 Å². The summed E-state index contributed by atoms with van der Waals surface area (Å²) >= 11 is 0. The first-order valence-corrected chi connectivity index (χ1v) is 8.86. The molecule has 0 saturated heterocycles. The van der Waals surface area contributed by atoms with Gasteiger partial charge in [0.05, 0.1) is 0 Å². The molecule has 0 heterocycles. The van der Waals surface area contributed by atoms with E-state index >= 15 is 0 Å². The second kappa shape index (κ2) is 5.76. The minimum absolute atomic E-state index is 0.251. The summed E-state index contributed by atoms with van der Waals surface area (Å²) in [4.78, 5) is 0. The van der Waals surface area contributed by atoms with Crippen molar-refractivity contribution in [3.8, 4) is 0 Å². The summed E-state index contributed by atoms with van der Waals surface area (Å²) in [6, 6.07) is 10.0. The van der Waals surface area contributed by atoms with Crippen LogP contribution in [0.4, 0.5) is 0 Å². The van der Waals surface area contributed by atoms with Gasteiger partial charge in [-0.05, 0) is 60.1 Å². The Labute approximate surface area is 130 Å². The Morgan fingerprint density at radius 3 is 2.24 bits per heavy atom. The molecule has 2 fully saturated rings. The molecule has 1 nitrogen and oxygen atoms in total. The van der Waals surface area contributed by atoms with Gasteiger partial charge in [-0.25, -0.2) is 0 Å². The number of fused-ring (bicyclic) bond motifs is 1. The molecule has 0 radical (unpaired) electrons. The molecule has 1 N–H and O–H groups in total. The second-order valence-corrected chi connectivity index (χ2v) is 8.14. The van der Waals surface area contributed by atoms with Gasteiger partial charge in [0.2, 0.25) is 0 Å². The molecule has 116 valence electrons. The van der Waals surface area contributed by atoms with Gasteiger partial charge in [0.25, 0.3) is 0 Å². The van der Waals surface area contributed by atoms with E-state index in [1.807, 2.05) is 0 Å². The van der Waals surface area contributed by atoms with Crippen molar-refractivity contribution in [1.82, 2.24) is 5.32 Å². The molecule has 0 bridgehead atoms. The quantitative estimate of drug-likeness (QED) is 0.796. The van der Waals surface area contributed by atoms with E-state index in [-0.39, 0.29) is 5.41 Å². The summed E-state index contributed by atoms with van der Waals surface area (Å²) in [6.45, 7) is 10.3. The summed E-state index contributed by atoms with van der Waals surface area (Å²) in [5, 5.41) is 3.83. The molecule has 0 aliphatic heterocycles. The summed E-state index contributed by atoms with van der Waals surface area (Å²) in [5.41, 5.74) is 3.20. The van der Waals surface area contributed by atoms with Crippen LogP contribution in [-0.4, -0.2) is 6.54 Å². The Balaban J connectivity index is 1.76. The molecule has 2 saturated carbocycles. The van der Waals surface area contributed by atoms with E-state index < -0.39 is 0 Å². The third-order valence-corrected chi connectivity index (χ3v) is 5.61. The molecule has 0 amide bonds. The Hall–Kier alpha value is -0.820. The minimum atomic E-state index is 0.251. The Morgan fingerprint density at radius 2 is 1.71 bits per heavy atom. The van der Waals surface area contributed by atoms with Gasteiger partial charge in [0.15, 0.2) is 0 Å². The Morgan fingerprint density at radius 1 is 1.10 bits per heavy atom. The minimum Gasteiger partial charge on any atom is -0.310 e. The molecular weight excluding hydrogens is 254 g/mol. The van der Waals surface area contributed by atoms with Crippen LogP contribution in [0.1, 0.15) is 70.5 Å². The van der Waals surface area contributed by atoms with Gasteiger partial charge in [-0.15, -0.1) is 0 Å². The molecule has 0 spiro atoms. The Kier molecular flexibility index (Phi) is 4.14. The highest BCUT2D eigenvalue weighted by Gasteiger charge is 2.55. The maximum absolute atomic E-state index is 3.83. The first kappa shape index (κ1) is 15.1. The van der Waals surface area contributed by atoms with Crippen LogP contribution in [0, 0.1) is 17.8 Å². The molecule has 1 aromatic rings. The SMILES string of the molecule is CCCNC(c1ccc(C(C)(C)C)cc1)C1C2CCCC21. The van der Waals surface area contributed by atoms with Crippen LogP contribution < -0.4 is 5.32 Å². The van der Waals surface area contributed by atoms with Crippen molar-refractivity contribution in [2.45, 2.75) is 64.8 Å². The fourth-order valence-corrected chi connectivity index (χ4v) is 4.34. The molecule has 3 unspecified atom stereocenters. The van der Waals surface area contributed by atoms with E-state index in [1.54, 1.807) is 0 Å². The molecule has 3 rings (SSSR count).